The predicted molar refractivity (Wildman–Crippen MR) is 46.3 cm³/mol. The fourth-order valence-electron chi connectivity index (χ4n) is 0.594. The van der Waals surface area contributed by atoms with Gasteiger partial charge in [-0.25, -0.2) is 4.79 Å². The largest absolute Gasteiger partial charge is 0.440 e. The van der Waals surface area contributed by atoms with Crippen molar-refractivity contribution in [2.45, 2.75) is 25.6 Å². The molecule has 0 heterocycles. The number of nitrogens with zero attached hydrogens (tertiary/aromatic N) is 1. The fourth-order valence-corrected chi connectivity index (χ4v) is 0.594. The second kappa shape index (κ2) is 4.69. The van der Waals surface area contributed by atoms with Crippen LogP contribution in [0.25, 0.3) is 0 Å². The number of halogens is 3. The molecule has 0 fully saturated rings. The highest BCUT2D eigenvalue weighted by molar-refractivity contribution is 5.68. The smallest absolute Gasteiger partial charge is 0.422 e. The van der Waals surface area contributed by atoms with Gasteiger partial charge in [-0.1, -0.05) is 0 Å². The highest BCUT2D eigenvalue weighted by atomic mass is 19.4. The van der Waals surface area contributed by atoms with Crippen LogP contribution in [0.1, 0.15) is 13.8 Å². The number of amides is 1. The van der Waals surface area contributed by atoms with Crippen LogP contribution in [-0.2, 0) is 4.74 Å². The Morgan fingerprint density at radius 3 is 2.20 bits per heavy atom. The van der Waals surface area contributed by atoms with Crippen LogP contribution < -0.4 is 0 Å². The van der Waals surface area contributed by atoms with Gasteiger partial charge in [0.15, 0.2) is 6.61 Å². The molecule has 1 amide bonds. The molecule has 0 saturated heterocycles. The maximum atomic E-state index is 11.7. The van der Waals surface area contributed by atoms with Crippen LogP contribution in [-0.4, -0.2) is 48.1 Å². The lowest BCUT2D eigenvalue weighted by atomic mass is 10.1. The summed E-state index contributed by atoms with van der Waals surface area (Å²) in [6.07, 6.45) is -5.66. The van der Waals surface area contributed by atoms with Crippen LogP contribution in [0.4, 0.5) is 18.0 Å². The van der Waals surface area contributed by atoms with E-state index in [0.717, 1.165) is 4.90 Å². The Kier molecular flexibility index (Phi) is 4.39. The molecule has 0 aromatic carbocycles. The number of likely N-dealkylation sites (N-methyl/N-ethyl adjacent to an activating group) is 1. The molecule has 0 bridgehead atoms. The fraction of sp³-hybridized carbons (Fsp3) is 0.875. The molecule has 0 aliphatic heterocycles. The third-order valence-electron chi connectivity index (χ3n) is 1.93. The van der Waals surface area contributed by atoms with Crippen molar-refractivity contribution in [3.63, 3.8) is 0 Å². The van der Waals surface area contributed by atoms with Crippen molar-refractivity contribution < 1.29 is 27.8 Å². The molecule has 0 aromatic rings. The molecular formula is C8H14F3NO3. The van der Waals surface area contributed by atoms with Crippen LogP contribution in [0.3, 0.4) is 0 Å². The Balaban J connectivity index is 4.23. The predicted octanol–water partition coefficient (Wildman–Crippen LogP) is 1.39. The number of carbonyl (C=O) groups excluding carboxylic acids is 1. The first-order chi connectivity index (χ1) is 6.60. The topological polar surface area (TPSA) is 49.8 Å². The highest BCUT2D eigenvalue weighted by Gasteiger charge is 2.33. The summed E-state index contributed by atoms with van der Waals surface area (Å²) in [4.78, 5) is 12.0. The van der Waals surface area contributed by atoms with E-state index in [-0.39, 0.29) is 6.61 Å². The zero-order chi connectivity index (χ0) is 12.3. The average molecular weight is 229 g/mol. The standard InChI is InChI=1S/C8H14F3NO3/c1-7(2,4-13)12(3)6(14)15-5-8(9,10)11/h13H,4-5H2,1-3H3. The Morgan fingerprint density at radius 2 is 1.87 bits per heavy atom. The van der Waals surface area contributed by atoms with Gasteiger partial charge in [-0.05, 0) is 13.8 Å². The van der Waals surface area contributed by atoms with Crippen molar-refractivity contribution in [2.24, 2.45) is 0 Å². The maximum absolute atomic E-state index is 11.7. The molecule has 1 N–H and O–H groups in total. The number of hydrogen-bond acceptors (Lipinski definition) is 3. The summed E-state index contributed by atoms with van der Waals surface area (Å²) >= 11 is 0. The summed E-state index contributed by atoms with van der Waals surface area (Å²) in [5.74, 6) is 0. The van der Waals surface area contributed by atoms with Crippen molar-refractivity contribution in [3.8, 4) is 0 Å². The van der Waals surface area contributed by atoms with Crippen molar-refractivity contribution in [1.29, 1.82) is 0 Å². The van der Waals surface area contributed by atoms with E-state index in [9.17, 15) is 18.0 Å². The second-order valence-electron chi connectivity index (χ2n) is 3.70. The molecule has 90 valence electrons. The molecule has 0 aliphatic rings. The van der Waals surface area contributed by atoms with Crippen molar-refractivity contribution >= 4 is 6.09 Å². The average Bonchev–Trinajstić information content (AvgIpc) is 2.11. The molecule has 0 aromatic heterocycles. The normalized spacial score (nSPS) is 12.5. The minimum absolute atomic E-state index is 0.370. The molecule has 0 atom stereocenters. The lowest BCUT2D eigenvalue weighted by Crippen LogP contribution is -2.48. The molecule has 0 spiro atoms. The Hall–Kier alpha value is -0.980. The zero-order valence-electron chi connectivity index (χ0n) is 8.76. The van der Waals surface area contributed by atoms with Crippen molar-refractivity contribution in [1.82, 2.24) is 4.90 Å². The third-order valence-corrected chi connectivity index (χ3v) is 1.93. The van der Waals surface area contributed by atoms with E-state index in [1.54, 1.807) is 0 Å². The van der Waals surface area contributed by atoms with Crippen molar-refractivity contribution in [2.75, 3.05) is 20.3 Å². The van der Waals surface area contributed by atoms with E-state index in [4.69, 9.17) is 5.11 Å². The monoisotopic (exact) mass is 229 g/mol. The van der Waals surface area contributed by atoms with Gasteiger partial charge in [0.25, 0.3) is 0 Å². The van der Waals surface area contributed by atoms with Crippen LogP contribution in [0.2, 0.25) is 0 Å². The van der Waals surface area contributed by atoms with Gasteiger partial charge in [0.05, 0.1) is 12.1 Å². The SMILES string of the molecule is CN(C(=O)OCC(F)(F)F)C(C)(C)CO. The first-order valence-corrected chi connectivity index (χ1v) is 4.18. The van der Waals surface area contributed by atoms with E-state index in [1.165, 1.54) is 20.9 Å². The lowest BCUT2D eigenvalue weighted by Gasteiger charge is -2.32. The third kappa shape index (κ3) is 4.87. The number of aliphatic hydroxyl groups excluding tert-OH is 1. The van der Waals surface area contributed by atoms with Gasteiger partial charge in [-0.2, -0.15) is 13.2 Å². The summed E-state index contributed by atoms with van der Waals surface area (Å²) in [6, 6.07) is 0. The van der Waals surface area contributed by atoms with E-state index < -0.39 is 24.4 Å². The van der Waals surface area contributed by atoms with E-state index in [2.05, 4.69) is 4.74 Å². The number of carbonyl (C=O) groups is 1. The quantitative estimate of drug-likeness (QED) is 0.795. The van der Waals surface area contributed by atoms with Crippen LogP contribution in [0.5, 0.6) is 0 Å². The minimum Gasteiger partial charge on any atom is -0.440 e. The number of hydrogen-bond donors (Lipinski definition) is 1. The van der Waals surface area contributed by atoms with Gasteiger partial charge in [0.1, 0.15) is 0 Å². The van der Waals surface area contributed by atoms with Gasteiger partial charge >= 0.3 is 12.3 Å². The van der Waals surface area contributed by atoms with Gasteiger partial charge in [-0.3, -0.25) is 0 Å². The molecule has 0 aliphatic carbocycles. The molecule has 15 heavy (non-hydrogen) atoms. The minimum atomic E-state index is -4.54. The first-order valence-electron chi connectivity index (χ1n) is 4.18. The summed E-state index contributed by atoms with van der Waals surface area (Å²) in [7, 11) is 1.26. The number of aliphatic hydroxyl groups is 1. The molecular weight excluding hydrogens is 215 g/mol. The zero-order valence-corrected chi connectivity index (χ0v) is 8.76. The van der Waals surface area contributed by atoms with Crippen LogP contribution in [0, 0.1) is 0 Å². The van der Waals surface area contributed by atoms with Gasteiger partial charge in [0.2, 0.25) is 0 Å². The second-order valence-corrected chi connectivity index (χ2v) is 3.70. The molecule has 0 saturated carbocycles. The number of ether oxygens (including phenoxy) is 1. The van der Waals surface area contributed by atoms with Gasteiger partial charge in [-0.15, -0.1) is 0 Å². The number of alkyl halides is 3. The summed E-state index contributed by atoms with van der Waals surface area (Å²) in [5.41, 5.74) is -0.956. The lowest BCUT2D eigenvalue weighted by molar-refractivity contribution is -0.163. The van der Waals surface area contributed by atoms with E-state index in [1.807, 2.05) is 0 Å². The van der Waals surface area contributed by atoms with Crippen LogP contribution in [0.15, 0.2) is 0 Å². The number of rotatable bonds is 3. The Morgan fingerprint density at radius 1 is 1.40 bits per heavy atom. The van der Waals surface area contributed by atoms with Gasteiger partial charge < -0.3 is 14.7 Å². The van der Waals surface area contributed by atoms with Gasteiger partial charge in [0, 0.05) is 7.05 Å². The summed E-state index contributed by atoms with van der Waals surface area (Å²) in [6.45, 7) is 1.01. The molecule has 0 unspecified atom stereocenters. The first kappa shape index (κ1) is 14.0. The Labute approximate surface area is 85.6 Å². The Bertz CT molecular complexity index is 228. The molecule has 0 radical (unpaired) electrons. The summed E-state index contributed by atoms with van der Waals surface area (Å²) < 4.78 is 39.1. The molecule has 0 rings (SSSR count). The summed E-state index contributed by atoms with van der Waals surface area (Å²) in [5, 5.41) is 8.87. The maximum Gasteiger partial charge on any atom is 0.422 e. The highest BCUT2D eigenvalue weighted by Crippen LogP contribution is 2.17. The van der Waals surface area contributed by atoms with E-state index in [0.29, 0.717) is 0 Å². The molecule has 7 heteroatoms. The van der Waals surface area contributed by atoms with E-state index >= 15 is 0 Å². The van der Waals surface area contributed by atoms with Crippen LogP contribution >= 0.6 is 0 Å². The van der Waals surface area contributed by atoms with Crippen molar-refractivity contribution in [3.05, 3.63) is 0 Å². The molecule has 4 nitrogen and oxygen atoms in total.